The summed E-state index contributed by atoms with van der Waals surface area (Å²) in [5.74, 6) is -0.707. The molecule has 3 N–H and O–H groups in total. The van der Waals surface area contributed by atoms with E-state index in [9.17, 15) is 23.3 Å². The zero-order chi connectivity index (χ0) is 22.4. The number of nitrogens with zero attached hydrogens (tertiary/aromatic N) is 1. The summed E-state index contributed by atoms with van der Waals surface area (Å²) in [6.45, 7) is 0. The lowest BCUT2D eigenvalue weighted by molar-refractivity contribution is -0.384. The van der Waals surface area contributed by atoms with Gasteiger partial charge in [0.2, 0.25) is 0 Å². The number of non-ortho nitro benzene ring substituents is 1. The van der Waals surface area contributed by atoms with Gasteiger partial charge in [-0.2, -0.15) is 0 Å². The smallest absolute Gasteiger partial charge is 0.269 e. The van der Waals surface area contributed by atoms with Crippen LogP contribution in [0.3, 0.4) is 0 Å². The van der Waals surface area contributed by atoms with Crippen LogP contribution in [0.2, 0.25) is 0 Å². The molecule has 0 aromatic heterocycles. The monoisotopic (exact) mass is 439 g/mol. The van der Waals surface area contributed by atoms with E-state index in [1.54, 1.807) is 41.9 Å². The highest BCUT2D eigenvalue weighted by Crippen LogP contribution is 2.26. The van der Waals surface area contributed by atoms with Gasteiger partial charge in [-0.1, -0.05) is 42.5 Å². The van der Waals surface area contributed by atoms with Crippen molar-refractivity contribution >= 4 is 32.9 Å². The number of sulfonamides is 1. The van der Waals surface area contributed by atoms with E-state index in [1.165, 1.54) is 18.2 Å². The standard InChI is InChI=1S/C21H17N3O6S/c25-21(22-26)14-20(15-4-2-1-3-5-15)16-6-8-17(9-7-16)23-31(29,30)19-12-10-18(11-13-19)24(27)28/h1-14,23,26H,(H,22,25). The minimum atomic E-state index is -3.95. The highest BCUT2D eigenvalue weighted by molar-refractivity contribution is 7.92. The number of hydroxylamine groups is 1. The summed E-state index contributed by atoms with van der Waals surface area (Å²) in [6, 6.07) is 19.8. The van der Waals surface area contributed by atoms with E-state index in [1.807, 2.05) is 6.07 Å². The molecule has 0 fully saturated rings. The Morgan fingerprint density at radius 3 is 2.03 bits per heavy atom. The van der Waals surface area contributed by atoms with Gasteiger partial charge in [0.05, 0.1) is 9.82 Å². The Labute approximate surface area is 177 Å². The SMILES string of the molecule is O=C(C=C(c1ccccc1)c1ccc(NS(=O)(=O)c2ccc([N+](=O)[O-])cc2)cc1)NO. The molecule has 0 unspecified atom stereocenters. The molecule has 9 nitrogen and oxygen atoms in total. The Kier molecular flexibility index (Phi) is 6.43. The van der Waals surface area contributed by atoms with Crippen LogP contribution in [-0.4, -0.2) is 24.5 Å². The lowest BCUT2D eigenvalue weighted by atomic mass is 9.97. The molecule has 0 heterocycles. The lowest BCUT2D eigenvalue weighted by Gasteiger charge is -2.11. The van der Waals surface area contributed by atoms with Gasteiger partial charge in [-0.25, -0.2) is 13.9 Å². The number of carbonyl (C=O) groups is 1. The topological polar surface area (TPSA) is 139 Å². The van der Waals surface area contributed by atoms with Crippen molar-refractivity contribution in [3.05, 3.63) is 106 Å². The minimum Gasteiger partial charge on any atom is -0.288 e. The molecular weight excluding hydrogens is 422 g/mol. The molecule has 0 aliphatic rings. The summed E-state index contributed by atoms with van der Waals surface area (Å²) < 4.78 is 27.5. The highest BCUT2D eigenvalue weighted by Gasteiger charge is 2.16. The fraction of sp³-hybridized carbons (Fsp3) is 0. The zero-order valence-electron chi connectivity index (χ0n) is 15.9. The molecule has 1 amide bonds. The lowest BCUT2D eigenvalue weighted by Crippen LogP contribution is -2.16. The number of carbonyl (C=O) groups excluding carboxylic acids is 1. The van der Waals surface area contributed by atoms with Gasteiger partial charge < -0.3 is 0 Å². The molecule has 0 saturated carbocycles. The first-order valence-electron chi connectivity index (χ1n) is 8.89. The van der Waals surface area contributed by atoms with Crippen LogP contribution in [0.5, 0.6) is 0 Å². The van der Waals surface area contributed by atoms with Crippen LogP contribution < -0.4 is 10.2 Å². The predicted octanol–water partition coefficient (Wildman–Crippen LogP) is 3.33. The second kappa shape index (κ2) is 9.20. The normalized spacial score (nSPS) is 11.6. The quantitative estimate of drug-likeness (QED) is 0.223. The van der Waals surface area contributed by atoms with Gasteiger partial charge in [0.1, 0.15) is 0 Å². The molecule has 3 aromatic carbocycles. The van der Waals surface area contributed by atoms with Crippen molar-refractivity contribution in [2.24, 2.45) is 0 Å². The number of rotatable bonds is 7. The number of anilines is 1. The van der Waals surface area contributed by atoms with E-state index >= 15 is 0 Å². The van der Waals surface area contributed by atoms with Crippen LogP contribution in [0.25, 0.3) is 5.57 Å². The van der Waals surface area contributed by atoms with E-state index in [0.717, 1.165) is 29.8 Å². The molecule has 158 valence electrons. The van der Waals surface area contributed by atoms with Gasteiger partial charge in [-0.3, -0.25) is 24.8 Å². The number of nitro groups is 1. The molecule has 0 aliphatic heterocycles. The Hall–Kier alpha value is -4.02. The van der Waals surface area contributed by atoms with Gasteiger partial charge >= 0.3 is 0 Å². The van der Waals surface area contributed by atoms with Crippen LogP contribution in [0, 0.1) is 10.1 Å². The van der Waals surface area contributed by atoms with Crippen molar-refractivity contribution in [1.29, 1.82) is 0 Å². The number of benzene rings is 3. The molecule has 0 atom stereocenters. The molecular formula is C21H17N3O6S. The summed E-state index contributed by atoms with van der Waals surface area (Å²) in [4.78, 5) is 21.7. The fourth-order valence-electron chi connectivity index (χ4n) is 2.79. The van der Waals surface area contributed by atoms with Crippen LogP contribution in [0.15, 0.2) is 89.8 Å². The van der Waals surface area contributed by atoms with Gasteiger partial charge in [0.15, 0.2) is 0 Å². The van der Waals surface area contributed by atoms with E-state index in [0.29, 0.717) is 11.1 Å². The Balaban J connectivity index is 1.86. The second-order valence-electron chi connectivity index (χ2n) is 6.33. The van der Waals surface area contributed by atoms with Crippen molar-refractivity contribution in [2.45, 2.75) is 4.90 Å². The van der Waals surface area contributed by atoms with E-state index in [-0.39, 0.29) is 16.3 Å². The van der Waals surface area contributed by atoms with Crippen molar-refractivity contribution in [3.63, 3.8) is 0 Å². The van der Waals surface area contributed by atoms with Crippen LogP contribution in [0.4, 0.5) is 11.4 Å². The van der Waals surface area contributed by atoms with Crippen LogP contribution in [-0.2, 0) is 14.8 Å². The average molecular weight is 439 g/mol. The van der Waals surface area contributed by atoms with E-state index in [2.05, 4.69) is 4.72 Å². The summed E-state index contributed by atoms with van der Waals surface area (Å²) in [5.41, 5.74) is 3.48. The molecule has 3 aromatic rings. The molecule has 0 aliphatic carbocycles. The third-order valence-corrected chi connectivity index (χ3v) is 5.67. The van der Waals surface area contributed by atoms with Crippen LogP contribution in [0.1, 0.15) is 11.1 Å². The third-order valence-electron chi connectivity index (χ3n) is 4.28. The Bertz CT molecular complexity index is 1220. The number of hydrogen-bond donors (Lipinski definition) is 3. The first-order valence-corrected chi connectivity index (χ1v) is 10.4. The van der Waals surface area contributed by atoms with Gasteiger partial charge in [0, 0.05) is 23.9 Å². The van der Waals surface area contributed by atoms with Crippen molar-refractivity contribution < 1.29 is 23.3 Å². The summed E-state index contributed by atoms with van der Waals surface area (Å²) in [6.07, 6.45) is 1.23. The molecule has 0 saturated heterocycles. The van der Waals surface area contributed by atoms with Gasteiger partial charge in [-0.15, -0.1) is 0 Å². The van der Waals surface area contributed by atoms with E-state index in [4.69, 9.17) is 5.21 Å². The largest absolute Gasteiger partial charge is 0.288 e. The number of nitrogens with one attached hydrogen (secondary N) is 2. The number of amides is 1. The number of nitro benzene ring substituents is 1. The van der Waals surface area contributed by atoms with Crippen molar-refractivity contribution in [2.75, 3.05) is 4.72 Å². The number of hydrogen-bond acceptors (Lipinski definition) is 6. The molecule has 0 bridgehead atoms. The Morgan fingerprint density at radius 1 is 0.903 bits per heavy atom. The summed E-state index contributed by atoms with van der Waals surface area (Å²) in [5, 5.41) is 19.6. The predicted molar refractivity (Wildman–Crippen MR) is 114 cm³/mol. The van der Waals surface area contributed by atoms with E-state index < -0.39 is 20.9 Å². The first kappa shape index (κ1) is 21.7. The zero-order valence-corrected chi connectivity index (χ0v) is 16.7. The summed E-state index contributed by atoms with van der Waals surface area (Å²) >= 11 is 0. The van der Waals surface area contributed by atoms with Gasteiger partial charge in [0.25, 0.3) is 21.6 Å². The Morgan fingerprint density at radius 2 is 1.48 bits per heavy atom. The highest BCUT2D eigenvalue weighted by atomic mass is 32.2. The fourth-order valence-corrected chi connectivity index (χ4v) is 3.85. The first-order chi connectivity index (χ1) is 14.8. The third kappa shape index (κ3) is 5.32. The summed E-state index contributed by atoms with van der Waals surface area (Å²) in [7, 11) is -3.95. The maximum atomic E-state index is 12.5. The van der Waals surface area contributed by atoms with Crippen molar-refractivity contribution in [1.82, 2.24) is 5.48 Å². The molecule has 10 heteroatoms. The second-order valence-corrected chi connectivity index (χ2v) is 8.02. The maximum Gasteiger partial charge on any atom is 0.269 e. The van der Waals surface area contributed by atoms with Gasteiger partial charge in [-0.05, 0) is 41.0 Å². The maximum absolute atomic E-state index is 12.5. The molecule has 0 spiro atoms. The van der Waals surface area contributed by atoms with Crippen molar-refractivity contribution in [3.8, 4) is 0 Å². The molecule has 31 heavy (non-hydrogen) atoms. The van der Waals surface area contributed by atoms with Crippen LogP contribution >= 0.6 is 0 Å². The minimum absolute atomic E-state index is 0.119. The molecule has 3 rings (SSSR count). The average Bonchev–Trinajstić information content (AvgIpc) is 2.78. The molecule has 0 radical (unpaired) electrons.